The number of thiophene rings is 1. The van der Waals surface area contributed by atoms with Crippen molar-refractivity contribution in [3.63, 3.8) is 0 Å². The fourth-order valence-corrected chi connectivity index (χ4v) is 4.48. The molecule has 1 heterocycles. The van der Waals surface area contributed by atoms with Crippen molar-refractivity contribution in [2.45, 2.75) is 30.7 Å². The summed E-state index contributed by atoms with van der Waals surface area (Å²) in [7, 11) is -1.76. The van der Waals surface area contributed by atoms with Gasteiger partial charge in [-0.3, -0.25) is 0 Å². The van der Waals surface area contributed by atoms with Crippen LogP contribution in [0.25, 0.3) is 0 Å². The van der Waals surface area contributed by atoms with E-state index in [1.165, 1.54) is 15.4 Å². The van der Waals surface area contributed by atoms with Gasteiger partial charge in [-0.2, -0.15) is 15.6 Å². The Morgan fingerprint density at radius 3 is 2.75 bits per heavy atom. The summed E-state index contributed by atoms with van der Waals surface area (Å²) in [6.07, 6.45) is 3.19. The molecule has 0 fully saturated rings. The minimum absolute atomic E-state index is 0.413. The molecule has 1 aromatic heterocycles. The fraction of sp³-hybridized carbons (Fsp3) is 0.333. The monoisotopic (exact) mass is 307 g/mol. The topological polar surface area (TPSA) is 37.4 Å². The first-order valence-corrected chi connectivity index (χ1v) is 9.05. The molecule has 1 aliphatic rings. The minimum atomic E-state index is -3.40. The number of fused-ring (bicyclic) bond motifs is 1. The second kappa shape index (κ2) is 5.31. The standard InChI is InChI=1S/C15H17NO2S2/c1-16(10-12-7-8-19-11-12)20(17,18)15-6-5-13-3-2-4-14(13)9-15/h5-9,11H,2-4,10H2,1H3. The number of benzene rings is 1. The molecule has 0 unspecified atom stereocenters. The molecular formula is C15H17NO2S2. The van der Waals surface area contributed by atoms with Crippen LogP contribution >= 0.6 is 11.3 Å². The number of aryl methyl sites for hydroxylation is 2. The molecule has 0 N–H and O–H groups in total. The summed E-state index contributed by atoms with van der Waals surface area (Å²) < 4.78 is 26.6. The lowest BCUT2D eigenvalue weighted by Gasteiger charge is -2.17. The van der Waals surface area contributed by atoms with E-state index in [9.17, 15) is 8.42 Å². The molecule has 0 saturated carbocycles. The van der Waals surface area contributed by atoms with E-state index in [0.717, 1.165) is 24.8 Å². The van der Waals surface area contributed by atoms with Crippen LogP contribution in [0.2, 0.25) is 0 Å². The number of nitrogens with zero attached hydrogens (tertiary/aromatic N) is 1. The first-order chi connectivity index (χ1) is 9.57. The molecule has 3 rings (SSSR count). The van der Waals surface area contributed by atoms with Crippen LogP contribution in [0.5, 0.6) is 0 Å². The van der Waals surface area contributed by atoms with Crippen LogP contribution in [0.3, 0.4) is 0 Å². The van der Waals surface area contributed by atoms with Gasteiger partial charge in [0.2, 0.25) is 10.0 Å². The van der Waals surface area contributed by atoms with Gasteiger partial charge in [0, 0.05) is 13.6 Å². The van der Waals surface area contributed by atoms with Crippen molar-refractivity contribution < 1.29 is 8.42 Å². The van der Waals surface area contributed by atoms with Crippen molar-refractivity contribution >= 4 is 21.4 Å². The van der Waals surface area contributed by atoms with E-state index in [4.69, 9.17) is 0 Å². The van der Waals surface area contributed by atoms with E-state index in [-0.39, 0.29) is 0 Å². The van der Waals surface area contributed by atoms with Gasteiger partial charge in [0.15, 0.2) is 0 Å². The molecule has 1 aromatic carbocycles. The lowest BCUT2D eigenvalue weighted by molar-refractivity contribution is 0.467. The molecule has 1 aliphatic carbocycles. The Balaban J connectivity index is 1.87. The van der Waals surface area contributed by atoms with Crippen molar-refractivity contribution in [1.29, 1.82) is 0 Å². The van der Waals surface area contributed by atoms with Crippen LogP contribution in [-0.4, -0.2) is 19.8 Å². The molecule has 0 atom stereocenters. The van der Waals surface area contributed by atoms with Crippen LogP contribution in [0.1, 0.15) is 23.1 Å². The summed E-state index contributed by atoms with van der Waals surface area (Å²) in [5, 5.41) is 3.94. The Morgan fingerprint density at radius 2 is 2.00 bits per heavy atom. The smallest absolute Gasteiger partial charge is 0.207 e. The molecule has 0 spiro atoms. The van der Waals surface area contributed by atoms with Crippen molar-refractivity contribution in [3.8, 4) is 0 Å². The Morgan fingerprint density at radius 1 is 1.20 bits per heavy atom. The molecule has 0 saturated heterocycles. The van der Waals surface area contributed by atoms with Gasteiger partial charge >= 0.3 is 0 Å². The van der Waals surface area contributed by atoms with Gasteiger partial charge in [-0.1, -0.05) is 6.07 Å². The van der Waals surface area contributed by atoms with E-state index in [0.29, 0.717) is 11.4 Å². The third-order valence-electron chi connectivity index (χ3n) is 3.76. The quantitative estimate of drug-likeness (QED) is 0.870. The number of sulfonamides is 1. The third kappa shape index (κ3) is 2.53. The van der Waals surface area contributed by atoms with Crippen LogP contribution in [0.15, 0.2) is 39.9 Å². The summed E-state index contributed by atoms with van der Waals surface area (Å²) in [6.45, 7) is 0.420. The normalized spacial score (nSPS) is 14.7. The Bertz CT molecular complexity index is 705. The lowest BCUT2D eigenvalue weighted by Crippen LogP contribution is -2.26. The molecule has 2 aromatic rings. The third-order valence-corrected chi connectivity index (χ3v) is 6.29. The van der Waals surface area contributed by atoms with Gasteiger partial charge in [-0.25, -0.2) is 8.42 Å². The molecule has 0 radical (unpaired) electrons. The zero-order valence-corrected chi connectivity index (χ0v) is 13.0. The van der Waals surface area contributed by atoms with Crippen molar-refractivity contribution in [2.24, 2.45) is 0 Å². The highest BCUT2D eigenvalue weighted by molar-refractivity contribution is 7.89. The Hall–Kier alpha value is -1.17. The maximum Gasteiger partial charge on any atom is 0.243 e. The van der Waals surface area contributed by atoms with Gasteiger partial charge in [0.25, 0.3) is 0 Å². The van der Waals surface area contributed by atoms with E-state index in [2.05, 4.69) is 0 Å². The molecule has 0 aliphatic heterocycles. The van der Waals surface area contributed by atoms with E-state index >= 15 is 0 Å². The van der Waals surface area contributed by atoms with Crippen LogP contribution in [0, 0.1) is 0 Å². The number of rotatable bonds is 4. The second-order valence-electron chi connectivity index (χ2n) is 5.18. The molecule has 5 heteroatoms. The fourth-order valence-electron chi connectivity index (χ4n) is 2.61. The van der Waals surface area contributed by atoms with Gasteiger partial charge in [-0.05, 0) is 64.9 Å². The Labute approximate surface area is 123 Å². The highest BCUT2D eigenvalue weighted by Gasteiger charge is 2.23. The molecule has 20 heavy (non-hydrogen) atoms. The zero-order chi connectivity index (χ0) is 14.2. The van der Waals surface area contributed by atoms with Crippen LogP contribution in [0.4, 0.5) is 0 Å². The average molecular weight is 307 g/mol. The first kappa shape index (κ1) is 13.8. The summed E-state index contributed by atoms with van der Waals surface area (Å²) in [4.78, 5) is 0.413. The first-order valence-electron chi connectivity index (χ1n) is 6.66. The predicted octanol–water partition coefficient (Wildman–Crippen LogP) is 3.06. The van der Waals surface area contributed by atoms with Gasteiger partial charge < -0.3 is 0 Å². The maximum atomic E-state index is 12.6. The largest absolute Gasteiger partial charge is 0.243 e. The molecule has 3 nitrogen and oxygen atoms in total. The summed E-state index contributed by atoms with van der Waals surface area (Å²) in [5.41, 5.74) is 3.52. The summed E-state index contributed by atoms with van der Waals surface area (Å²) >= 11 is 1.58. The van der Waals surface area contributed by atoms with E-state index in [1.54, 1.807) is 24.5 Å². The Kier molecular flexibility index (Phi) is 3.67. The molecule has 0 bridgehead atoms. The number of hydrogen-bond acceptors (Lipinski definition) is 3. The van der Waals surface area contributed by atoms with Crippen molar-refractivity contribution in [1.82, 2.24) is 4.31 Å². The minimum Gasteiger partial charge on any atom is -0.207 e. The SMILES string of the molecule is CN(Cc1ccsc1)S(=O)(=O)c1ccc2c(c1)CCC2. The van der Waals surface area contributed by atoms with Crippen LogP contribution < -0.4 is 0 Å². The number of hydrogen-bond donors (Lipinski definition) is 0. The second-order valence-corrected chi connectivity index (χ2v) is 8.00. The van der Waals surface area contributed by atoms with Gasteiger partial charge in [0.1, 0.15) is 0 Å². The predicted molar refractivity (Wildman–Crippen MR) is 81.4 cm³/mol. The molecule has 0 amide bonds. The van der Waals surface area contributed by atoms with Gasteiger partial charge in [0.05, 0.1) is 4.90 Å². The summed E-state index contributed by atoms with van der Waals surface area (Å²) in [6, 6.07) is 7.51. The molecule has 106 valence electrons. The summed E-state index contributed by atoms with van der Waals surface area (Å²) in [5.74, 6) is 0. The lowest BCUT2D eigenvalue weighted by atomic mass is 10.1. The van der Waals surface area contributed by atoms with E-state index in [1.807, 2.05) is 29.0 Å². The average Bonchev–Trinajstić information content (AvgIpc) is 3.07. The zero-order valence-electron chi connectivity index (χ0n) is 11.4. The molecular weight excluding hydrogens is 290 g/mol. The van der Waals surface area contributed by atoms with E-state index < -0.39 is 10.0 Å². The maximum absolute atomic E-state index is 12.6. The van der Waals surface area contributed by atoms with Gasteiger partial charge in [-0.15, -0.1) is 0 Å². The van der Waals surface area contributed by atoms with Crippen LogP contribution in [-0.2, 0) is 29.4 Å². The van der Waals surface area contributed by atoms with Crippen molar-refractivity contribution in [3.05, 3.63) is 51.7 Å². The highest BCUT2D eigenvalue weighted by atomic mass is 32.2. The highest BCUT2D eigenvalue weighted by Crippen LogP contribution is 2.26. The van der Waals surface area contributed by atoms with Crippen molar-refractivity contribution in [2.75, 3.05) is 7.05 Å².